The fourth-order valence-corrected chi connectivity index (χ4v) is 3.88. The number of carbonyl (C=O) groups is 4. The Labute approximate surface area is 232 Å². The maximum absolute atomic E-state index is 13.2. The van der Waals surface area contributed by atoms with Crippen LogP contribution in [0, 0.1) is 10.1 Å². The Morgan fingerprint density at radius 1 is 1.05 bits per heavy atom. The molecular weight excluding hydrogens is 544 g/mol. The second kappa shape index (κ2) is 12.1. The largest absolute Gasteiger partial charge is 0.490 e. The summed E-state index contributed by atoms with van der Waals surface area (Å²) < 4.78 is 11.2. The summed E-state index contributed by atoms with van der Waals surface area (Å²) in [6.45, 7) is 1.63. The van der Waals surface area contributed by atoms with Crippen LogP contribution in [0.1, 0.15) is 12.5 Å². The van der Waals surface area contributed by atoms with Crippen LogP contribution in [-0.2, 0) is 14.4 Å². The fraction of sp³-hybridized carbons (Fsp3) is 0.111. The van der Waals surface area contributed by atoms with Crippen LogP contribution in [0.3, 0.4) is 0 Å². The number of benzene rings is 3. The highest BCUT2D eigenvalue weighted by molar-refractivity contribution is 6.39. The Kier molecular flexibility index (Phi) is 8.40. The number of hydrogen-bond acceptors (Lipinski definition) is 8. The fourth-order valence-electron chi connectivity index (χ4n) is 3.70. The molecule has 1 aliphatic rings. The SMILES string of the molecule is CCOc1cc(/C=C2/C(=O)NC(=O)N(c3cccc([N+](=O)[O-])c3)C2=O)ccc1OCC(=O)Nc1ccccc1Cl. The van der Waals surface area contributed by atoms with Crippen LogP contribution in [0.5, 0.6) is 11.5 Å². The number of anilines is 2. The molecule has 4 rings (SSSR count). The number of amides is 5. The molecule has 0 saturated carbocycles. The van der Waals surface area contributed by atoms with E-state index >= 15 is 0 Å². The third-order valence-electron chi connectivity index (χ3n) is 5.49. The van der Waals surface area contributed by atoms with Crippen LogP contribution >= 0.6 is 11.6 Å². The first-order valence-corrected chi connectivity index (χ1v) is 12.2. The van der Waals surface area contributed by atoms with Crippen molar-refractivity contribution in [1.82, 2.24) is 5.32 Å². The van der Waals surface area contributed by atoms with Crippen LogP contribution < -0.4 is 25.0 Å². The Morgan fingerprint density at radius 3 is 2.55 bits per heavy atom. The highest BCUT2D eigenvalue weighted by Gasteiger charge is 2.37. The van der Waals surface area contributed by atoms with E-state index in [0.717, 1.165) is 6.07 Å². The summed E-state index contributed by atoms with van der Waals surface area (Å²) in [5.74, 6) is -1.91. The molecule has 2 N–H and O–H groups in total. The number of para-hydroxylation sites is 1. The van der Waals surface area contributed by atoms with Crippen LogP contribution in [0.25, 0.3) is 6.08 Å². The van der Waals surface area contributed by atoms with Crippen molar-refractivity contribution >= 4 is 58.5 Å². The predicted octanol–water partition coefficient (Wildman–Crippen LogP) is 4.33. The van der Waals surface area contributed by atoms with E-state index < -0.39 is 28.7 Å². The first-order chi connectivity index (χ1) is 19.2. The number of halogens is 1. The highest BCUT2D eigenvalue weighted by Crippen LogP contribution is 2.31. The van der Waals surface area contributed by atoms with Crippen molar-refractivity contribution in [3.05, 3.63) is 93.0 Å². The van der Waals surface area contributed by atoms with Crippen LogP contribution in [0.4, 0.5) is 21.9 Å². The van der Waals surface area contributed by atoms with Crippen molar-refractivity contribution < 1.29 is 33.6 Å². The van der Waals surface area contributed by atoms with Gasteiger partial charge in [-0.25, -0.2) is 9.69 Å². The van der Waals surface area contributed by atoms with Gasteiger partial charge in [-0.2, -0.15) is 0 Å². The van der Waals surface area contributed by atoms with E-state index in [4.69, 9.17) is 21.1 Å². The Hall–Kier alpha value is -5.23. The molecule has 1 saturated heterocycles. The lowest BCUT2D eigenvalue weighted by Crippen LogP contribution is -2.54. The Bertz CT molecular complexity index is 1550. The number of rotatable bonds is 9. The lowest BCUT2D eigenvalue weighted by Gasteiger charge is -2.26. The monoisotopic (exact) mass is 564 g/mol. The zero-order valence-electron chi connectivity index (χ0n) is 20.9. The van der Waals surface area contributed by atoms with E-state index in [1.165, 1.54) is 42.5 Å². The Balaban J connectivity index is 1.56. The van der Waals surface area contributed by atoms with Gasteiger partial charge in [0, 0.05) is 12.1 Å². The molecule has 13 heteroatoms. The van der Waals surface area contributed by atoms with Crippen molar-refractivity contribution in [1.29, 1.82) is 0 Å². The van der Waals surface area contributed by atoms with Gasteiger partial charge < -0.3 is 14.8 Å². The van der Waals surface area contributed by atoms with Gasteiger partial charge in [0.15, 0.2) is 18.1 Å². The zero-order valence-corrected chi connectivity index (χ0v) is 21.6. The summed E-state index contributed by atoms with van der Waals surface area (Å²) >= 11 is 6.06. The van der Waals surface area contributed by atoms with Crippen molar-refractivity contribution in [2.24, 2.45) is 0 Å². The summed E-state index contributed by atoms with van der Waals surface area (Å²) in [6.07, 6.45) is 1.24. The molecule has 204 valence electrons. The minimum atomic E-state index is -1.04. The molecule has 40 heavy (non-hydrogen) atoms. The summed E-state index contributed by atoms with van der Waals surface area (Å²) in [4.78, 5) is 61.6. The van der Waals surface area contributed by atoms with E-state index in [1.54, 1.807) is 31.2 Å². The van der Waals surface area contributed by atoms with E-state index in [0.29, 0.717) is 21.2 Å². The maximum atomic E-state index is 13.2. The smallest absolute Gasteiger partial charge is 0.335 e. The van der Waals surface area contributed by atoms with Gasteiger partial charge in [-0.15, -0.1) is 0 Å². The number of ether oxygens (including phenoxy) is 2. The number of urea groups is 1. The number of barbiturate groups is 1. The second-order valence-corrected chi connectivity index (χ2v) is 8.60. The average molecular weight is 565 g/mol. The average Bonchev–Trinajstić information content (AvgIpc) is 2.92. The van der Waals surface area contributed by atoms with E-state index in [2.05, 4.69) is 10.6 Å². The number of nitro benzene ring substituents is 1. The molecule has 1 fully saturated rings. The number of nitro groups is 1. The summed E-state index contributed by atoms with van der Waals surface area (Å²) in [5, 5.41) is 16.2. The van der Waals surface area contributed by atoms with Crippen molar-refractivity contribution in [2.75, 3.05) is 23.4 Å². The molecule has 5 amide bonds. The number of non-ortho nitro benzene ring substituents is 1. The minimum absolute atomic E-state index is 0.0797. The second-order valence-electron chi connectivity index (χ2n) is 8.19. The molecule has 0 radical (unpaired) electrons. The topological polar surface area (TPSA) is 157 Å². The molecule has 1 aliphatic heterocycles. The van der Waals surface area contributed by atoms with Gasteiger partial charge in [-0.1, -0.05) is 35.9 Å². The third kappa shape index (κ3) is 6.25. The lowest BCUT2D eigenvalue weighted by molar-refractivity contribution is -0.384. The molecule has 0 spiro atoms. The van der Waals surface area contributed by atoms with Crippen LogP contribution in [0.2, 0.25) is 5.02 Å². The number of hydrogen-bond donors (Lipinski definition) is 2. The van der Waals surface area contributed by atoms with Crippen molar-refractivity contribution in [3.63, 3.8) is 0 Å². The van der Waals surface area contributed by atoms with Gasteiger partial charge in [0.25, 0.3) is 23.4 Å². The molecule has 0 bridgehead atoms. The summed E-state index contributed by atoms with van der Waals surface area (Å²) in [6, 6.07) is 15.1. The molecule has 1 heterocycles. The highest BCUT2D eigenvalue weighted by atomic mass is 35.5. The lowest BCUT2D eigenvalue weighted by atomic mass is 10.1. The summed E-state index contributed by atoms with van der Waals surface area (Å²) in [7, 11) is 0. The van der Waals surface area contributed by atoms with E-state index in [-0.39, 0.29) is 41.7 Å². The Morgan fingerprint density at radius 2 is 1.82 bits per heavy atom. The first kappa shape index (κ1) is 27.8. The quantitative estimate of drug-likeness (QED) is 0.168. The van der Waals surface area contributed by atoms with E-state index in [9.17, 15) is 29.3 Å². The number of nitrogens with one attached hydrogen (secondary N) is 2. The number of carbonyl (C=O) groups excluding carboxylic acids is 4. The molecule has 3 aromatic carbocycles. The molecule has 0 aliphatic carbocycles. The maximum Gasteiger partial charge on any atom is 0.335 e. The third-order valence-corrected chi connectivity index (χ3v) is 5.82. The number of nitrogens with zero attached hydrogens (tertiary/aromatic N) is 2. The van der Waals surface area contributed by atoms with Gasteiger partial charge in [0.2, 0.25) is 0 Å². The molecule has 12 nitrogen and oxygen atoms in total. The van der Waals surface area contributed by atoms with Gasteiger partial charge in [0.1, 0.15) is 5.57 Å². The van der Waals surface area contributed by atoms with Crippen LogP contribution in [-0.4, -0.2) is 41.9 Å². The predicted molar refractivity (Wildman–Crippen MR) is 145 cm³/mol. The van der Waals surface area contributed by atoms with Crippen molar-refractivity contribution in [2.45, 2.75) is 6.92 Å². The number of imide groups is 2. The van der Waals surface area contributed by atoms with Gasteiger partial charge in [0.05, 0.1) is 27.9 Å². The normalized spacial score (nSPS) is 14.1. The first-order valence-electron chi connectivity index (χ1n) is 11.8. The zero-order chi connectivity index (χ0) is 28.8. The van der Waals surface area contributed by atoms with E-state index in [1.807, 2.05) is 0 Å². The van der Waals surface area contributed by atoms with Gasteiger partial charge in [-0.3, -0.25) is 29.8 Å². The molecule has 0 aromatic heterocycles. The summed E-state index contributed by atoms with van der Waals surface area (Å²) in [5.41, 5.74) is -0.0238. The van der Waals surface area contributed by atoms with Gasteiger partial charge >= 0.3 is 6.03 Å². The standard InChI is InChI=1S/C27H21ClN4O8/c1-2-39-23-13-16(10-11-22(23)40-15-24(33)29-21-9-4-3-8-20(21)28)12-19-25(34)30-27(36)31(26(19)35)17-6-5-7-18(14-17)32(37)38/h3-14H,2,15H2,1H3,(H,29,33)(H,30,34,36)/b19-12-. The molecule has 0 atom stereocenters. The van der Waals surface area contributed by atoms with Crippen LogP contribution in [0.15, 0.2) is 72.3 Å². The minimum Gasteiger partial charge on any atom is -0.490 e. The molecular formula is C27H21ClN4O8. The molecule has 3 aromatic rings. The van der Waals surface area contributed by atoms with Crippen molar-refractivity contribution in [3.8, 4) is 11.5 Å². The molecule has 0 unspecified atom stereocenters. The van der Waals surface area contributed by atoms with Gasteiger partial charge in [-0.05, 0) is 48.9 Å².